The number of halogens is 1. The molecule has 10 heteroatoms. The minimum Gasteiger partial charge on any atom is -0.334 e. The molecule has 1 amide bonds. The molecule has 2 heterocycles. The number of hydrogen-bond donors (Lipinski definition) is 0. The Hall–Kier alpha value is -2.23. The van der Waals surface area contributed by atoms with E-state index < -0.39 is 10.8 Å². The summed E-state index contributed by atoms with van der Waals surface area (Å²) >= 11 is 3.38. The van der Waals surface area contributed by atoms with Crippen molar-refractivity contribution in [3.8, 4) is 0 Å². The highest BCUT2D eigenvalue weighted by Crippen LogP contribution is 2.20. The molecule has 0 spiro atoms. The summed E-state index contributed by atoms with van der Waals surface area (Å²) in [5.74, 6) is -0.523. The highest BCUT2D eigenvalue weighted by Gasteiger charge is 2.28. The van der Waals surface area contributed by atoms with Crippen LogP contribution in [0, 0.1) is 10.1 Å². The summed E-state index contributed by atoms with van der Waals surface area (Å²) in [6, 6.07) is 0. The predicted octanol–water partition coefficient (Wildman–Crippen LogP) is 1.58. The normalized spacial score (nSPS) is 10.7. The molecule has 0 aliphatic heterocycles. The molecule has 2 aromatic heterocycles. The van der Waals surface area contributed by atoms with E-state index in [4.69, 9.17) is 0 Å². The summed E-state index contributed by atoms with van der Waals surface area (Å²) in [6.45, 7) is 2.89. The van der Waals surface area contributed by atoms with Crippen LogP contribution in [0.1, 0.15) is 23.1 Å². The first-order chi connectivity index (χ1) is 10.3. The van der Waals surface area contributed by atoms with Gasteiger partial charge in [0.25, 0.3) is 5.91 Å². The number of rotatable bonds is 5. The molecular formula is C12H15BrN6O3. The Morgan fingerprint density at radius 1 is 1.45 bits per heavy atom. The van der Waals surface area contributed by atoms with Crippen molar-refractivity contribution in [3.05, 3.63) is 38.4 Å². The zero-order valence-corrected chi connectivity index (χ0v) is 13.9. The van der Waals surface area contributed by atoms with Crippen LogP contribution in [0.15, 0.2) is 16.9 Å². The maximum atomic E-state index is 12.4. The van der Waals surface area contributed by atoms with E-state index in [1.807, 2.05) is 13.1 Å². The number of carbonyl (C=O) groups excluding carboxylic acids is 1. The summed E-state index contributed by atoms with van der Waals surface area (Å²) < 4.78 is 3.77. The largest absolute Gasteiger partial charge is 0.334 e. The number of carbonyl (C=O) groups is 1. The van der Waals surface area contributed by atoms with Gasteiger partial charge >= 0.3 is 5.69 Å². The van der Waals surface area contributed by atoms with Crippen LogP contribution in [0.4, 0.5) is 5.69 Å². The van der Waals surface area contributed by atoms with Gasteiger partial charge in [0.1, 0.15) is 6.20 Å². The van der Waals surface area contributed by atoms with Crippen molar-refractivity contribution in [2.24, 2.45) is 7.05 Å². The lowest BCUT2D eigenvalue weighted by molar-refractivity contribution is -0.385. The van der Waals surface area contributed by atoms with Crippen LogP contribution in [0.25, 0.3) is 0 Å². The maximum Gasteiger partial charge on any atom is 0.320 e. The van der Waals surface area contributed by atoms with Gasteiger partial charge < -0.3 is 4.90 Å². The molecule has 9 nitrogen and oxygen atoms in total. The standard InChI is InChI=1S/C12H15BrN6O3/c1-4-18-5-8(13)9(14-18)6-16(2)12(20)11-10(19(21)22)7-17(3)15-11/h5,7H,4,6H2,1-3H3. The molecule has 0 aromatic carbocycles. The average Bonchev–Trinajstić information content (AvgIpc) is 3.01. The number of amides is 1. The van der Waals surface area contributed by atoms with E-state index in [9.17, 15) is 14.9 Å². The van der Waals surface area contributed by atoms with E-state index >= 15 is 0 Å². The summed E-state index contributed by atoms with van der Waals surface area (Å²) in [4.78, 5) is 24.1. The number of nitrogens with zero attached hydrogens (tertiary/aromatic N) is 6. The molecule has 0 bridgehead atoms. The average molecular weight is 371 g/mol. The number of aryl methyl sites for hydroxylation is 2. The lowest BCUT2D eigenvalue weighted by Crippen LogP contribution is -2.27. The molecule has 0 saturated carbocycles. The topological polar surface area (TPSA) is 99.1 Å². The van der Waals surface area contributed by atoms with Crippen molar-refractivity contribution in [2.75, 3.05) is 7.05 Å². The van der Waals surface area contributed by atoms with Gasteiger partial charge in [-0.1, -0.05) is 0 Å². The van der Waals surface area contributed by atoms with Crippen LogP contribution < -0.4 is 0 Å². The van der Waals surface area contributed by atoms with Crippen LogP contribution >= 0.6 is 15.9 Å². The second-order valence-corrected chi connectivity index (χ2v) is 5.59. The van der Waals surface area contributed by atoms with Crippen LogP contribution in [0.2, 0.25) is 0 Å². The molecule has 0 fully saturated rings. The van der Waals surface area contributed by atoms with Crippen molar-refractivity contribution in [2.45, 2.75) is 20.0 Å². The highest BCUT2D eigenvalue weighted by molar-refractivity contribution is 9.10. The third kappa shape index (κ3) is 3.16. The van der Waals surface area contributed by atoms with Crippen molar-refractivity contribution < 1.29 is 9.72 Å². The lowest BCUT2D eigenvalue weighted by Gasteiger charge is -2.14. The Morgan fingerprint density at radius 2 is 2.14 bits per heavy atom. The van der Waals surface area contributed by atoms with Gasteiger partial charge in [-0.2, -0.15) is 10.2 Å². The lowest BCUT2D eigenvalue weighted by atomic mass is 10.3. The van der Waals surface area contributed by atoms with Gasteiger partial charge in [0.2, 0.25) is 5.69 Å². The van der Waals surface area contributed by atoms with Gasteiger partial charge in [-0.15, -0.1) is 0 Å². The van der Waals surface area contributed by atoms with Crippen LogP contribution in [-0.2, 0) is 20.1 Å². The van der Waals surface area contributed by atoms with Gasteiger partial charge in [-0.3, -0.25) is 24.3 Å². The Balaban J connectivity index is 2.22. The van der Waals surface area contributed by atoms with Crippen LogP contribution in [-0.4, -0.2) is 42.3 Å². The van der Waals surface area contributed by atoms with Gasteiger partial charge in [0.05, 0.1) is 21.6 Å². The Morgan fingerprint density at radius 3 is 2.68 bits per heavy atom. The first kappa shape index (κ1) is 16.1. The molecule has 0 aliphatic rings. The number of nitro groups is 1. The smallest absolute Gasteiger partial charge is 0.320 e. The predicted molar refractivity (Wildman–Crippen MR) is 81.3 cm³/mol. The van der Waals surface area contributed by atoms with Gasteiger partial charge in [0, 0.05) is 26.8 Å². The minimum atomic E-state index is -0.615. The van der Waals surface area contributed by atoms with Crippen LogP contribution in [0.3, 0.4) is 0 Å². The molecule has 0 aliphatic carbocycles. The SMILES string of the molecule is CCn1cc(Br)c(CN(C)C(=O)c2nn(C)cc2[N+](=O)[O-])n1. The molecule has 0 unspecified atom stereocenters. The monoisotopic (exact) mass is 370 g/mol. The molecular weight excluding hydrogens is 356 g/mol. The summed E-state index contributed by atoms with van der Waals surface area (Å²) in [7, 11) is 3.08. The van der Waals surface area contributed by atoms with E-state index in [1.165, 1.54) is 22.8 Å². The molecule has 2 aromatic rings. The van der Waals surface area contributed by atoms with E-state index in [0.717, 1.165) is 4.47 Å². The molecule has 2 rings (SSSR count). The molecule has 0 radical (unpaired) electrons. The number of aromatic nitrogens is 4. The first-order valence-corrected chi connectivity index (χ1v) is 7.28. The zero-order chi connectivity index (χ0) is 16.4. The Labute approximate surface area is 134 Å². The van der Waals surface area contributed by atoms with E-state index in [0.29, 0.717) is 12.2 Å². The first-order valence-electron chi connectivity index (χ1n) is 6.48. The van der Waals surface area contributed by atoms with Crippen LogP contribution in [0.5, 0.6) is 0 Å². The minimum absolute atomic E-state index is 0.180. The van der Waals surface area contributed by atoms with Crippen molar-refractivity contribution in [1.29, 1.82) is 0 Å². The summed E-state index contributed by atoms with van der Waals surface area (Å²) in [6.07, 6.45) is 3.03. The molecule has 0 N–H and O–H groups in total. The zero-order valence-electron chi connectivity index (χ0n) is 12.4. The van der Waals surface area contributed by atoms with E-state index in [1.54, 1.807) is 11.7 Å². The van der Waals surface area contributed by atoms with Gasteiger partial charge in [-0.25, -0.2) is 0 Å². The second kappa shape index (κ2) is 6.26. The van der Waals surface area contributed by atoms with E-state index in [-0.39, 0.29) is 17.9 Å². The Bertz CT molecular complexity index is 723. The van der Waals surface area contributed by atoms with Gasteiger partial charge in [-0.05, 0) is 22.9 Å². The maximum absolute atomic E-state index is 12.4. The fourth-order valence-electron chi connectivity index (χ4n) is 1.95. The third-order valence-corrected chi connectivity index (χ3v) is 3.72. The molecule has 0 atom stereocenters. The Kier molecular flexibility index (Phi) is 4.59. The fraction of sp³-hybridized carbons (Fsp3) is 0.417. The van der Waals surface area contributed by atoms with E-state index in [2.05, 4.69) is 26.1 Å². The van der Waals surface area contributed by atoms with Crippen molar-refractivity contribution >= 4 is 27.5 Å². The molecule has 118 valence electrons. The van der Waals surface area contributed by atoms with Crippen molar-refractivity contribution in [3.63, 3.8) is 0 Å². The quantitative estimate of drug-likeness (QED) is 0.587. The second-order valence-electron chi connectivity index (χ2n) is 4.73. The number of hydrogen-bond acceptors (Lipinski definition) is 5. The molecule has 22 heavy (non-hydrogen) atoms. The fourth-order valence-corrected chi connectivity index (χ4v) is 2.39. The highest BCUT2D eigenvalue weighted by atomic mass is 79.9. The van der Waals surface area contributed by atoms with Crippen molar-refractivity contribution in [1.82, 2.24) is 24.5 Å². The molecule has 0 saturated heterocycles. The summed E-state index contributed by atoms with van der Waals surface area (Å²) in [5.41, 5.74) is 0.190. The third-order valence-electron chi connectivity index (χ3n) is 3.05. The van der Waals surface area contributed by atoms with Gasteiger partial charge in [0.15, 0.2) is 0 Å². The summed E-state index contributed by atoms with van der Waals surface area (Å²) in [5, 5.41) is 19.2.